The summed E-state index contributed by atoms with van der Waals surface area (Å²) >= 11 is 0. The van der Waals surface area contributed by atoms with E-state index in [4.69, 9.17) is 24.7 Å². The third-order valence-corrected chi connectivity index (χ3v) is 2.89. The highest BCUT2D eigenvalue weighted by Gasteiger charge is 2.18. The zero-order chi connectivity index (χ0) is 14.5. The van der Waals surface area contributed by atoms with Crippen LogP contribution in [0.2, 0.25) is 0 Å². The van der Waals surface area contributed by atoms with E-state index >= 15 is 0 Å². The fourth-order valence-corrected chi connectivity index (χ4v) is 2.04. The molecule has 0 radical (unpaired) electrons. The molecular formula is C15H23NO4. The van der Waals surface area contributed by atoms with Gasteiger partial charge in [0.1, 0.15) is 12.4 Å². The molecule has 0 spiro atoms. The molecule has 0 saturated carbocycles. The van der Waals surface area contributed by atoms with Crippen LogP contribution in [0.3, 0.4) is 0 Å². The fraction of sp³-hybridized carbons (Fsp3) is 0.600. The van der Waals surface area contributed by atoms with Crippen LogP contribution in [0, 0.1) is 0 Å². The zero-order valence-electron chi connectivity index (χ0n) is 12.3. The molecule has 0 amide bonds. The van der Waals surface area contributed by atoms with Crippen LogP contribution in [0.15, 0.2) is 12.1 Å². The summed E-state index contributed by atoms with van der Waals surface area (Å²) in [7, 11) is 0. The third-order valence-electron chi connectivity index (χ3n) is 2.89. The number of ether oxygens (including phenoxy) is 4. The van der Waals surface area contributed by atoms with Gasteiger partial charge in [0, 0.05) is 12.1 Å². The Balaban J connectivity index is 2.04. The van der Waals surface area contributed by atoms with E-state index in [2.05, 4.69) is 0 Å². The SMILES string of the molecule is CC(N)Cc1cc2c(cc1OCCOC(C)C)OCO2. The Morgan fingerprint density at radius 3 is 2.50 bits per heavy atom. The number of benzene rings is 1. The van der Waals surface area contributed by atoms with Crippen molar-refractivity contribution in [2.75, 3.05) is 20.0 Å². The highest BCUT2D eigenvalue weighted by molar-refractivity contribution is 5.52. The number of hydrogen-bond donors (Lipinski definition) is 1. The van der Waals surface area contributed by atoms with Gasteiger partial charge in [-0.25, -0.2) is 0 Å². The number of rotatable bonds is 7. The van der Waals surface area contributed by atoms with Crippen LogP contribution in [-0.4, -0.2) is 32.2 Å². The van der Waals surface area contributed by atoms with Gasteiger partial charge in [-0.3, -0.25) is 0 Å². The second-order valence-corrected chi connectivity index (χ2v) is 5.26. The lowest BCUT2D eigenvalue weighted by Gasteiger charge is -2.15. The minimum Gasteiger partial charge on any atom is -0.491 e. The second-order valence-electron chi connectivity index (χ2n) is 5.26. The average molecular weight is 281 g/mol. The Labute approximate surface area is 120 Å². The van der Waals surface area contributed by atoms with Gasteiger partial charge in [0.2, 0.25) is 6.79 Å². The molecule has 1 aromatic rings. The Morgan fingerprint density at radius 1 is 1.15 bits per heavy atom. The maximum atomic E-state index is 5.88. The van der Waals surface area contributed by atoms with Gasteiger partial charge in [0.25, 0.3) is 0 Å². The van der Waals surface area contributed by atoms with Crippen molar-refractivity contribution in [2.24, 2.45) is 5.73 Å². The number of nitrogens with two attached hydrogens (primary N) is 1. The van der Waals surface area contributed by atoms with E-state index in [-0.39, 0.29) is 18.9 Å². The molecule has 2 rings (SSSR count). The molecular weight excluding hydrogens is 258 g/mol. The Bertz CT molecular complexity index is 446. The summed E-state index contributed by atoms with van der Waals surface area (Å²) in [6.07, 6.45) is 0.940. The van der Waals surface area contributed by atoms with Gasteiger partial charge in [0.15, 0.2) is 11.5 Å². The van der Waals surface area contributed by atoms with Gasteiger partial charge in [-0.05, 0) is 38.8 Å². The minimum absolute atomic E-state index is 0.0598. The van der Waals surface area contributed by atoms with E-state index in [0.29, 0.717) is 13.2 Å². The molecule has 1 aliphatic heterocycles. The molecule has 112 valence electrons. The van der Waals surface area contributed by atoms with E-state index in [0.717, 1.165) is 29.2 Å². The first-order valence-electron chi connectivity index (χ1n) is 6.98. The molecule has 1 aliphatic rings. The zero-order valence-corrected chi connectivity index (χ0v) is 12.3. The summed E-state index contributed by atoms with van der Waals surface area (Å²) in [4.78, 5) is 0. The van der Waals surface area contributed by atoms with Gasteiger partial charge in [-0.1, -0.05) is 0 Å². The van der Waals surface area contributed by atoms with Crippen LogP contribution in [0.25, 0.3) is 0 Å². The first-order chi connectivity index (χ1) is 9.56. The molecule has 0 aliphatic carbocycles. The lowest BCUT2D eigenvalue weighted by molar-refractivity contribution is 0.0550. The lowest BCUT2D eigenvalue weighted by Crippen LogP contribution is -2.19. The van der Waals surface area contributed by atoms with Crippen molar-refractivity contribution in [3.8, 4) is 17.2 Å². The molecule has 20 heavy (non-hydrogen) atoms. The summed E-state index contributed by atoms with van der Waals surface area (Å²) in [5, 5.41) is 0. The van der Waals surface area contributed by atoms with Gasteiger partial charge in [-0.2, -0.15) is 0 Å². The van der Waals surface area contributed by atoms with Crippen LogP contribution in [0.1, 0.15) is 26.3 Å². The van der Waals surface area contributed by atoms with Gasteiger partial charge in [0.05, 0.1) is 12.7 Å². The standard InChI is InChI=1S/C15H23NO4/c1-10(2)17-4-5-18-13-8-15-14(19-9-20-15)7-12(13)6-11(3)16/h7-8,10-11H,4-6,9,16H2,1-3H3. The fourth-order valence-electron chi connectivity index (χ4n) is 2.04. The largest absolute Gasteiger partial charge is 0.491 e. The van der Waals surface area contributed by atoms with Crippen molar-refractivity contribution in [3.05, 3.63) is 17.7 Å². The topological polar surface area (TPSA) is 62.9 Å². The third kappa shape index (κ3) is 4.02. The second kappa shape index (κ2) is 6.81. The van der Waals surface area contributed by atoms with Gasteiger partial charge in [-0.15, -0.1) is 0 Å². The van der Waals surface area contributed by atoms with Crippen molar-refractivity contribution in [3.63, 3.8) is 0 Å². The molecule has 5 heteroatoms. The van der Waals surface area contributed by atoms with Crippen LogP contribution >= 0.6 is 0 Å². The number of fused-ring (bicyclic) bond motifs is 1. The molecule has 1 heterocycles. The molecule has 1 atom stereocenters. The van der Waals surface area contributed by atoms with Crippen molar-refractivity contribution < 1.29 is 18.9 Å². The van der Waals surface area contributed by atoms with Crippen molar-refractivity contribution >= 4 is 0 Å². The molecule has 0 bridgehead atoms. The summed E-state index contributed by atoms with van der Waals surface area (Å²) < 4.78 is 22.0. The van der Waals surface area contributed by atoms with Crippen molar-refractivity contribution in [1.29, 1.82) is 0 Å². The van der Waals surface area contributed by atoms with Crippen LogP contribution in [0.4, 0.5) is 0 Å². The average Bonchev–Trinajstić information content (AvgIpc) is 2.80. The van der Waals surface area contributed by atoms with Gasteiger partial charge >= 0.3 is 0 Å². The van der Waals surface area contributed by atoms with Crippen LogP contribution in [-0.2, 0) is 11.2 Å². The molecule has 2 N–H and O–H groups in total. The molecule has 0 saturated heterocycles. The van der Waals surface area contributed by atoms with Crippen molar-refractivity contribution in [2.45, 2.75) is 39.3 Å². The Kier molecular flexibility index (Phi) is 5.09. The summed E-state index contributed by atoms with van der Waals surface area (Å²) in [5.74, 6) is 2.27. The van der Waals surface area contributed by atoms with E-state index in [1.165, 1.54) is 0 Å². The predicted octanol–water partition coefficient (Wildman–Crippen LogP) is 2.11. The quantitative estimate of drug-likeness (QED) is 0.776. The smallest absolute Gasteiger partial charge is 0.231 e. The molecule has 0 aromatic heterocycles. The first kappa shape index (κ1) is 14.9. The first-order valence-corrected chi connectivity index (χ1v) is 6.98. The maximum absolute atomic E-state index is 5.88. The Hall–Kier alpha value is -1.46. The highest BCUT2D eigenvalue weighted by atomic mass is 16.7. The van der Waals surface area contributed by atoms with Gasteiger partial charge < -0.3 is 24.7 Å². The summed E-state index contributed by atoms with van der Waals surface area (Å²) in [6, 6.07) is 3.88. The highest BCUT2D eigenvalue weighted by Crippen LogP contribution is 2.38. The summed E-state index contributed by atoms with van der Waals surface area (Å²) in [5.41, 5.74) is 6.92. The van der Waals surface area contributed by atoms with E-state index < -0.39 is 0 Å². The lowest BCUT2D eigenvalue weighted by atomic mass is 10.1. The molecule has 1 aromatic carbocycles. The number of hydrogen-bond acceptors (Lipinski definition) is 5. The van der Waals surface area contributed by atoms with Crippen molar-refractivity contribution in [1.82, 2.24) is 0 Å². The molecule has 5 nitrogen and oxygen atoms in total. The van der Waals surface area contributed by atoms with Crippen LogP contribution in [0.5, 0.6) is 17.2 Å². The van der Waals surface area contributed by atoms with E-state index in [1.54, 1.807) is 0 Å². The maximum Gasteiger partial charge on any atom is 0.231 e. The predicted molar refractivity (Wildman–Crippen MR) is 76.5 cm³/mol. The van der Waals surface area contributed by atoms with Crippen LogP contribution < -0.4 is 19.9 Å². The van der Waals surface area contributed by atoms with E-state index in [9.17, 15) is 0 Å². The summed E-state index contributed by atoms with van der Waals surface area (Å²) in [6.45, 7) is 7.29. The Morgan fingerprint density at radius 2 is 1.85 bits per heavy atom. The molecule has 0 fully saturated rings. The minimum atomic E-state index is 0.0598. The normalized spacial score (nSPS) is 14.7. The molecule has 1 unspecified atom stereocenters. The van der Waals surface area contributed by atoms with E-state index in [1.807, 2.05) is 32.9 Å². The monoisotopic (exact) mass is 281 g/mol.